The van der Waals surface area contributed by atoms with Gasteiger partial charge >= 0.3 is 0 Å². The molecule has 3 atom stereocenters. The normalized spacial score (nSPS) is 16.5. The average molecular weight is 298 g/mol. The molecule has 6 heteroatoms. The van der Waals surface area contributed by atoms with Gasteiger partial charge in [0.2, 0.25) is 6.41 Å². The number of hydrogen-bond acceptors (Lipinski definition) is 6. The second-order valence-electron chi connectivity index (χ2n) is 5.93. The number of nitrogens with one attached hydrogen (secondary N) is 1. The fraction of sp³-hybridized carbons (Fsp3) is 0.600. The molecular formula is C15H26N2O4. The van der Waals surface area contributed by atoms with Crippen LogP contribution in [0.3, 0.4) is 0 Å². The molecule has 0 radical (unpaired) electrons. The average Bonchev–Trinajstić information content (AvgIpc) is 2.37. The summed E-state index contributed by atoms with van der Waals surface area (Å²) in [7, 11) is 1.40. The molecule has 0 aromatic heterocycles. The van der Waals surface area contributed by atoms with Crippen molar-refractivity contribution < 1.29 is 19.7 Å². The zero-order valence-corrected chi connectivity index (χ0v) is 13.0. The van der Waals surface area contributed by atoms with Crippen LogP contribution >= 0.6 is 0 Å². The molecule has 1 aromatic carbocycles. The summed E-state index contributed by atoms with van der Waals surface area (Å²) in [6.07, 6.45) is -1.81. The van der Waals surface area contributed by atoms with E-state index in [9.17, 15) is 10.2 Å². The van der Waals surface area contributed by atoms with E-state index in [-0.39, 0.29) is 0 Å². The van der Waals surface area contributed by atoms with E-state index in [4.69, 9.17) is 15.2 Å². The summed E-state index contributed by atoms with van der Waals surface area (Å²) in [5.74, 6) is 0. The molecule has 6 nitrogen and oxygen atoms in total. The highest BCUT2D eigenvalue weighted by Gasteiger charge is 2.24. The Hall–Kier alpha value is -1.18. The second kappa shape index (κ2) is 7.72. The predicted molar refractivity (Wildman–Crippen MR) is 81.3 cm³/mol. The highest BCUT2D eigenvalue weighted by atomic mass is 16.6. The summed E-state index contributed by atoms with van der Waals surface area (Å²) in [6, 6.07) is 6.78. The van der Waals surface area contributed by atoms with Crippen LogP contribution in [0.15, 0.2) is 24.3 Å². The molecule has 0 aliphatic rings. The number of nitrogen functional groups attached to an aromatic ring is 1. The van der Waals surface area contributed by atoms with Crippen LogP contribution in [-0.2, 0) is 15.9 Å². The van der Waals surface area contributed by atoms with Gasteiger partial charge in [0, 0.05) is 12.8 Å². The first-order chi connectivity index (χ1) is 9.71. The van der Waals surface area contributed by atoms with Gasteiger partial charge in [-0.25, -0.2) is 0 Å². The minimum atomic E-state index is -1.20. The topological polar surface area (TPSA) is 97.0 Å². The van der Waals surface area contributed by atoms with Crippen molar-refractivity contribution in [3.05, 3.63) is 29.8 Å². The van der Waals surface area contributed by atoms with Crippen molar-refractivity contribution in [3.8, 4) is 0 Å². The Labute approximate surface area is 125 Å². The minimum Gasteiger partial charge on any atom is -0.399 e. The van der Waals surface area contributed by atoms with E-state index in [0.29, 0.717) is 12.1 Å². The molecule has 0 bridgehead atoms. The van der Waals surface area contributed by atoms with Gasteiger partial charge in [-0.15, -0.1) is 0 Å². The SMILES string of the molecule is COC(O)C(Cc1ccc(N)cc1)NC(O)OC(C)(C)C. The third kappa shape index (κ3) is 6.88. The Balaban J connectivity index is 2.69. The number of methoxy groups -OCH3 is 1. The molecule has 1 aromatic rings. The fourth-order valence-corrected chi connectivity index (χ4v) is 1.87. The lowest BCUT2D eigenvalue weighted by molar-refractivity contribution is -0.200. The van der Waals surface area contributed by atoms with Crippen LogP contribution < -0.4 is 11.1 Å². The fourth-order valence-electron chi connectivity index (χ4n) is 1.87. The summed E-state index contributed by atoms with van der Waals surface area (Å²) >= 11 is 0. The lowest BCUT2D eigenvalue weighted by atomic mass is 10.1. The first kappa shape index (κ1) is 17.9. The van der Waals surface area contributed by atoms with Gasteiger partial charge in [-0.3, -0.25) is 5.32 Å². The number of benzene rings is 1. The maximum atomic E-state index is 9.90. The van der Waals surface area contributed by atoms with Crippen molar-refractivity contribution in [2.75, 3.05) is 12.8 Å². The van der Waals surface area contributed by atoms with E-state index in [1.54, 1.807) is 12.1 Å². The van der Waals surface area contributed by atoms with Crippen molar-refractivity contribution in [1.29, 1.82) is 0 Å². The summed E-state index contributed by atoms with van der Waals surface area (Å²) in [4.78, 5) is 0. The Morgan fingerprint density at radius 1 is 1.19 bits per heavy atom. The monoisotopic (exact) mass is 298 g/mol. The largest absolute Gasteiger partial charge is 0.399 e. The maximum Gasteiger partial charge on any atom is 0.214 e. The van der Waals surface area contributed by atoms with E-state index >= 15 is 0 Å². The number of aliphatic hydroxyl groups is 2. The van der Waals surface area contributed by atoms with Crippen molar-refractivity contribution in [1.82, 2.24) is 5.32 Å². The highest BCUT2D eigenvalue weighted by Crippen LogP contribution is 2.13. The standard InChI is InChI=1S/C15H26N2O4/c1-15(2,3)21-14(19)17-12(13(18)20-4)9-10-5-7-11(16)8-6-10/h5-8,12-14,17-19H,9,16H2,1-4H3. The van der Waals surface area contributed by atoms with Crippen LogP contribution in [-0.4, -0.2) is 41.7 Å². The van der Waals surface area contributed by atoms with Gasteiger partial charge in [0.15, 0.2) is 6.29 Å². The summed E-state index contributed by atoms with van der Waals surface area (Å²) in [6.45, 7) is 5.50. The Bertz CT molecular complexity index is 417. The van der Waals surface area contributed by atoms with Crippen LogP contribution in [0.5, 0.6) is 0 Å². The molecule has 0 heterocycles. The van der Waals surface area contributed by atoms with E-state index in [1.165, 1.54) is 7.11 Å². The van der Waals surface area contributed by atoms with Crippen molar-refractivity contribution in [2.24, 2.45) is 0 Å². The number of aliphatic hydroxyl groups excluding tert-OH is 2. The first-order valence-electron chi connectivity index (χ1n) is 6.88. The quantitative estimate of drug-likeness (QED) is 0.440. The molecule has 0 aliphatic carbocycles. The molecule has 0 saturated carbocycles. The molecule has 0 spiro atoms. The first-order valence-corrected chi connectivity index (χ1v) is 6.88. The molecule has 0 amide bonds. The van der Waals surface area contributed by atoms with Crippen LogP contribution in [0.25, 0.3) is 0 Å². The van der Waals surface area contributed by atoms with Crippen molar-refractivity contribution in [2.45, 2.75) is 51.5 Å². The van der Waals surface area contributed by atoms with Crippen LogP contribution in [0.1, 0.15) is 26.3 Å². The molecule has 0 saturated heterocycles. The van der Waals surface area contributed by atoms with Gasteiger partial charge in [0.05, 0.1) is 11.6 Å². The van der Waals surface area contributed by atoms with Crippen LogP contribution in [0.4, 0.5) is 5.69 Å². The second-order valence-corrected chi connectivity index (χ2v) is 5.93. The van der Waals surface area contributed by atoms with Gasteiger partial charge in [-0.05, 0) is 44.9 Å². The molecule has 120 valence electrons. The molecule has 21 heavy (non-hydrogen) atoms. The van der Waals surface area contributed by atoms with Crippen LogP contribution in [0.2, 0.25) is 0 Å². The third-order valence-corrected chi connectivity index (χ3v) is 2.84. The smallest absolute Gasteiger partial charge is 0.214 e. The number of ether oxygens (including phenoxy) is 2. The zero-order valence-electron chi connectivity index (χ0n) is 13.0. The van der Waals surface area contributed by atoms with E-state index in [2.05, 4.69) is 5.32 Å². The highest BCUT2D eigenvalue weighted by molar-refractivity contribution is 5.39. The lowest BCUT2D eigenvalue weighted by Gasteiger charge is -2.30. The third-order valence-electron chi connectivity index (χ3n) is 2.84. The van der Waals surface area contributed by atoms with E-state index in [1.807, 2.05) is 32.9 Å². The van der Waals surface area contributed by atoms with E-state index < -0.39 is 24.3 Å². The van der Waals surface area contributed by atoms with Gasteiger partial charge in [-0.1, -0.05) is 12.1 Å². The molecular weight excluding hydrogens is 272 g/mol. The summed E-state index contributed by atoms with van der Waals surface area (Å²) < 4.78 is 10.3. The molecule has 0 aliphatic heterocycles. The number of anilines is 1. The number of hydrogen-bond donors (Lipinski definition) is 4. The Kier molecular flexibility index (Phi) is 6.57. The molecule has 5 N–H and O–H groups in total. The van der Waals surface area contributed by atoms with Gasteiger partial charge in [0.1, 0.15) is 0 Å². The van der Waals surface area contributed by atoms with Gasteiger partial charge in [0.25, 0.3) is 0 Å². The minimum absolute atomic E-state index is 0.458. The van der Waals surface area contributed by atoms with Crippen molar-refractivity contribution in [3.63, 3.8) is 0 Å². The number of nitrogens with two attached hydrogens (primary N) is 1. The zero-order chi connectivity index (χ0) is 16.0. The van der Waals surface area contributed by atoms with Gasteiger partial charge in [-0.2, -0.15) is 0 Å². The lowest BCUT2D eigenvalue weighted by Crippen LogP contribution is -2.50. The summed E-state index contributed by atoms with van der Waals surface area (Å²) in [5.41, 5.74) is 6.77. The Morgan fingerprint density at radius 2 is 1.76 bits per heavy atom. The maximum absolute atomic E-state index is 9.90. The molecule has 0 fully saturated rings. The Morgan fingerprint density at radius 3 is 2.24 bits per heavy atom. The van der Waals surface area contributed by atoms with Crippen LogP contribution in [0, 0.1) is 0 Å². The van der Waals surface area contributed by atoms with Gasteiger partial charge < -0.3 is 25.4 Å². The van der Waals surface area contributed by atoms with Crippen molar-refractivity contribution >= 4 is 5.69 Å². The predicted octanol–water partition coefficient (Wildman–Crippen LogP) is 0.825. The van der Waals surface area contributed by atoms with E-state index in [0.717, 1.165) is 5.56 Å². The number of rotatable bonds is 7. The molecule has 3 unspecified atom stereocenters. The molecule has 1 rings (SSSR count). The summed E-state index contributed by atoms with van der Waals surface area (Å²) in [5, 5.41) is 22.6.